The fourth-order valence-corrected chi connectivity index (χ4v) is 2.28. The smallest absolute Gasteiger partial charge is 0.109 e. The third-order valence-electron chi connectivity index (χ3n) is 0.667. The first-order chi connectivity index (χ1) is 3.77. The molecule has 0 radical (unpaired) electrons. The normalized spacial score (nSPS) is 10.5. The minimum atomic E-state index is 0.544. The molecule has 50 valence electrons. The molecule has 3 heteroatoms. The highest BCUT2D eigenvalue weighted by atomic mass is 33.1. The average molecular weight is 152 g/mol. The molecule has 0 atom stereocenters. The molecule has 0 rings (SSSR count). The zero-order valence-electron chi connectivity index (χ0n) is 5.52. The Labute approximate surface area is 58.2 Å². The van der Waals surface area contributed by atoms with E-state index >= 15 is 0 Å². The van der Waals surface area contributed by atoms with Crippen LogP contribution in [0.2, 0.25) is 0 Å². The number of rotatable bonds is 4. The molecule has 0 aromatic heterocycles. The highest BCUT2D eigenvalue weighted by molar-refractivity contribution is 8.73. The van der Waals surface area contributed by atoms with Gasteiger partial charge in [0.15, 0.2) is 0 Å². The van der Waals surface area contributed by atoms with Gasteiger partial charge in [0, 0.05) is 5.75 Å². The molecule has 0 aromatic rings. The molecule has 0 saturated heterocycles. The SMILES string of the molecule is C[S+](C)SCCCN. The summed E-state index contributed by atoms with van der Waals surface area (Å²) in [6, 6.07) is 0. The zero-order valence-corrected chi connectivity index (χ0v) is 7.15. The van der Waals surface area contributed by atoms with Gasteiger partial charge >= 0.3 is 0 Å². The van der Waals surface area contributed by atoms with Crippen LogP contribution in [0.3, 0.4) is 0 Å². The van der Waals surface area contributed by atoms with Crippen LogP contribution in [0.15, 0.2) is 0 Å². The van der Waals surface area contributed by atoms with Gasteiger partial charge in [0.25, 0.3) is 0 Å². The summed E-state index contributed by atoms with van der Waals surface area (Å²) in [5, 5.41) is 0. The van der Waals surface area contributed by atoms with Crippen molar-refractivity contribution in [3.63, 3.8) is 0 Å². The molecule has 0 aliphatic rings. The van der Waals surface area contributed by atoms with Crippen LogP contribution < -0.4 is 5.73 Å². The molecule has 0 aromatic carbocycles. The highest BCUT2D eigenvalue weighted by Crippen LogP contribution is 2.09. The van der Waals surface area contributed by atoms with Gasteiger partial charge in [-0.3, -0.25) is 0 Å². The van der Waals surface area contributed by atoms with Crippen molar-refractivity contribution in [3.8, 4) is 0 Å². The average Bonchev–Trinajstić information content (AvgIpc) is 1.66. The van der Waals surface area contributed by atoms with Crippen molar-refractivity contribution >= 4 is 20.7 Å². The maximum absolute atomic E-state index is 5.30. The van der Waals surface area contributed by atoms with E-state index in [9.17, 15) is 0 Å². The Morgan fingerprint density at radius 3 is 2.50 bits per heavy atom. The molecule has 0 bridgehead atoms. The monoisotopic (exact) mass is 152 g/mol. The topological polar surface area (TPSA) is 26.0 Å². The maximum Gasteiger partial charge on any atom is 0.109 e. The van der Waals surface area contributed by atoms with Gasteiger partial charge in [-0.25, -0.2) is 0 Å². The van der Waals surface area contributed by atoms with Crippen LogP contribution in [0.4, 0.5) is 0 Å². The van der Waals surface area contributed by atoms with Crippen molar-refractivity contribution < 1.29 is 0 Å². The van der Waals surface area contributed by atoms with Gasteiger partial charge in [0.2, 0.25) is 0 Å². The minimum Gasteiger partial charge on any atom is -0.330 e. The second-order valence-corrected chi connectivity index (χ2v) is 6.54. The summed E-state index contributed by atoms with van der Waals surface area (Å²) in [6.45, 7) is 0.838. The molecule has 8 heavy (non-hydrogen) atoms. The van der Waals surface area contributed by atoms with E-state index in [1.165, 1.54) is 5.75 Å². The Morgan fingerprint density at radius 1 is 1.50 bits per heavy atom. The molecule has 0 fully saturated rings. The molecule has 0 aliphatic heterocycles. The van der Waals surface area contributed by atoms with Crippen molar-refractivity contribution in [2.45, 2.75) is 6.42 Å². The number of hydrogen-bond acceptors (Lipinski definition) is 2. The fourth-order valence-electron chi connectivity index (χ4n) is 0.309. The lowest BCUT2D eigenvalue weighted by molar-refractivity contribution is 0.946. The molecule has 0 saturated carbocycles. The van der Waals surface area contributed by atoms with Crippen LogP contribution in [0.1, 0.15) is 6.42 Å². The highest BCUT2D eigenvalue weighted by Gasteiger charge is 2.01. The van der Waals surface area contributed by atoms with Crippen molar-refractivity contribution in [1.29, 1.82) is 0 Å². The fraction of sp³-hybridized carbons (Fsp3) is 1.00. The van der Waals surface area contributed by atoms with Crippen molar-refractivity contribution in [2.24, 2.45) is 5.73 Å². The largest absolute Gasteiger partial charge is 0.330 e. The van der Waals surface area contributed by atoms with Crippen molar-refractivity contribution in [1.82, 2.24) is 0 Å². The lowest BCUT2D eigenvalue weighted by Crippen LogP contribution is -2.00. The van der Waals surface area contributed by atoms with Gasteiger partial charge in [0.05, 0.1) is 20.7 Å². The van der Waals surface area contributed by atoms with Crippen LogP contribution in [0.5, 0.6) is 0 Å². The second-order valence-electron chi connectivity index (χ2n) is 1.71. The molecule has 2 N–H and O–H groups in total. The Morgan fingerprint density at radius 2 is 2.12 bits per heavy atom. The molecule has 0 amide bonds. The molecular formula is C5H14NS2+. The summed E-state index contributed by atoms with van der Waals surface area (Å²) < 4.78 is 0. The quantitative estimate of drug-likeness (QED) is 0.367. The van der Waals surface area contributed by atoms with Gasteiger partial charge in [-0.15, -0.1) is 0 Å². The summed E-state index contributed by atoms with van der Waals surface area (Å²) in [5.74, 6) is 1.23. The second kappa shape index (κ2) is 5.79. The molecule has 0 spiro atoms. The first-order valence-electron chi connectivity index (χ1n) is 2.68. The van der Waals surface area contributed by atoms with Crippen LogP contribution >= 0.6 is 10.8 Å². The first kappa shape index (κ1) is 8.66. The van der Waals surface area contributed by atoms with Gasteiger partial charge < -0.3 is 5.73 Å². The van der Waals surface area contributed by atoms with E-state index in [0.717, 1.165) is 13.0 Å². The van der Waals surface area contributed by atoms with Gasteiger partial charge in [0.1, 0.15) is 12.5 Å². The van der Waals surface area contributed by atoms with E-state index in [1.807, 2.05) is 10.8 Å². The van der Waals surface area contributed by atoms with E-state index in [2.05, 4.69) is 12.5 Å². The molecular weight excluding hydrogens is 138 g/mol. The van der Waals surface area contributed by atoms with Crippen LogP contribution in [-0.2, 0) is 9.93 Å². The molecule has 0 heterocycles. The molecule has 0 unspecified atom stereocenters. The Balaban J connectivity index is 2.72. The summed E-state index contributed by atoms with van der Waals surface area (Å²) in [7, 11) is 2.55. The number of hydrogen-bond donors (Lipinski definition) is 1. The van der Waals surface area contributed by atoms with Crippen LogP contribution in [0, 0.1) is 0 Å². The summed E-state index contributed by atoms with van der Waals surface area (Å²) in [6.07, 6.45) is 5.64. The zero-order chi connectivity index (χ0) is 6.41. The first-order valence-corrected chi connectivity index (χ1v) is 6.22. The van der Waals surface area contributed by atoms with E-state index in [-0.39, 0.29) is 0 Å². The summed E-state index contributed by atoms with van der Waals surface area (Å²) in [4.78, 5) is 0. The van der Waals surface area contributed by atoms with Crippen LogP contribution in [-0.4, -0.2) is 24.8 Å². The van der Waals surface area contributed by atoms with Gasteiger partial charge in [-0.2, -0.15) is 0 Å². The van der Waals surface area contributed by atoms with Crippen molar-refractivity contribution in [2.75, 3.05) is 24.8 Å². The van der Waals surface area contributed by atoms with Crippen LogP contribution in [0.25, 0.3) is 0 Å². The van der Waals surface area contributed by atoms with E-state index < -0.39 is 0 Å². The third-order valence-corrected chi connectivity index (χ3v) is 3.51. The van der Waals surface area contributed by atoms with E-state index in [1.54, 1.807) is 0 Å². The molecule has 1 nitrogen and oxygen atoms in total. The Kier molecular flexibility index (Phi) is 6.27. The van der Waals surface area contributed by atoms with E-state index in [4.69, 9.17) is 5.73 Å². The predicted octanol–water partition coefficient (Wildman–Crippen LogP) is 0.861. The standard InChI is InChI=1S/C5H14NS2/c1-8(2)7-5-3-4-6/h3-6H2,1-2H3/q+1. The summed E-state index contributed by atoms with van der Waals surface area (Å²) in [5.41, 5.74) is 5.30. The molecule has 0 aliphatic carbocycles. The van der Waals surface area contributed by atoms with Gasteiger partial charge in [-0.05, 0) is 13.0 Å². The third kappa shape index (κ3) is 6.66. The summed E-state index contributed by atoms with van der Waals surface area (Å²) >= 11 is 0. The lowest BCUT2D eigenvalue weighted by Gasteiger charge is -1.91. The number of nitrogens with two attached hydrogens (primary N) is 1. The Hall–Kier alpha value is 0.660. The van der Waals surface area contributed by atoms with Gasteiger partial charge in [-0.1, -0.05) is 0 Å². The van der Waals surface area contributed by atoms with E-state index in [0.29, 0.717) is 9.93 Å². The Bertz CT molecular complexity index is 47.7. The lowest BCUT2D eigenvalue weighted by atomic mass is 10.5. The maximum atomic E-state index is 5.30. The minimum absolute atomic E-state index is 0.544. The van der Waals surface area contributed by atoms with Crippen molar-refractivity contribution in [3.05, 3.63) is 0 Å². The predicted molar refractivity (Wildman–Crippen MR) is 45.3 cm³/mol.